The number of hydrogen-bond acceptors (Lipinski definition) is 4. The van der Waals surface area contributed by atoms with Gasteiger partial charge in [0.2, 0.25) is 0 Å². The first-order valence-corrected chi connectivity index (χ1v) is 8.85. The summed E-state index contributed by atoms with van der Waals surface area (Å²) in [6.07, 6.45) is 0.830. The summed E-state index contributed by atoms with van der Waals surface area (Å²) in [6, 6.07) is 9.90. The van der Waals surface area contributed by atoms with Gasteiger partial charge in [0.1, 0.15) is 0 Å². The van der Waals surface area contributed by atoms with Gasteiger partial charge in [-0.1, -0.05) is 30.7 Å². The van der Waals surface area contributed by atoms with Crippen LogP contribution in [0.5, 0.6) is 11.5 Å². The Hall–Kier alpha value is -2.53. The van der Waals surface area contributed by atoms with E-state index in [2.05, 4.69) is 5.32 Å². The third-order valence-electron chi connectivity index (χ3n) is 3.55. The molecule has 6 heteroatoms. The molecule has 5 nitrogen and oxygen atoms in total. The maximum absolute atomic E-state index is 12.6. The summed E-state index contributed by atoms with van der Waals surface area (Å²) in [4.78, 5) is 24.1. The van der Waals surface area contributed by atoms with Gasteiger partial charge in [0, 0.05) is 16.8 Å². The highest BCUT2D eigenvalue weighted by Gasteiger charge is 2.16. The molecule has 0 radical (unpaired) electrons. The molecule has 138 valence electrons. The van der Waals surface area contributed by atoms with Crippen molar-refractivity contribution < 1.29 is 19.1 Å². The number of carbonyl (C=O) groups is 2. The molecule has 0 bridgehead atoms. The van der Waals surface area contributed by atoms with E-state index >= 15 is 0 Å². The second-order valence-electron chi connectivity index (χ2n) is 5.66. The summed E-state index contributed by atoms with van der Waals surface area (Å²) in [5.74, 6) is 0.442. The van der Waals surface area contributed by atoms with Crippen molar-refractivity contribution in [1.82, 2.24) is 0 Å². The second-order valence-corrected chi connectivity index (χ2v) is 6.07. The van der Waals surface area contributed by atoms with E-state index in [0.717, 1.165) is 6.42 Å². The highest BCUT2D eigenvalue weighted by atomic mass is 35.5. The summed E-state index contributed by atoms with van der Waals surface area (Å²) >= 11 is 6.29. The zero-order valence-electron chi connectivity index (χ0n) is 15.1. The summed E-state index contributed by atoms with van der Waals surface area (Å²) in [7, 11) is 0. The van der Waals surface area contributed by atoms with Crippen LogP contribution in [0.2, 0.25) is 5.02 Å². The first kappa shape index (κ1) is 19.8. The molecule has 0 saturated heterocycles. The van der Waals surface area contributed by atoms with Crippen LogP contribution in [-0.4, -0.2) is 24.9 Å². The molecular weight excluding hydrogens is 354 g/mol. The van der Waals surface area contributed by atoms with Crippen LogP contribution in [0.3, 0.4) is 0 Å². The van der Waals surface area contributed by atoms with Crippen molar-refractivity contribution in [2.24, 2.45) is 0 Å². The van der Waals surface area contributed by atoms with E-state index in [9.17, 15) is 9.59 Å². The SMILES string of the molecule is CCCOc1c(Cl)cc(C(=O)Nc2cccc(C(C)=O)c2)cc1OCC. The first-order valence-electron chi connectivity index (χ1n) is 8.47. The average Bonchev–Trinajstić information content (AvgIpc) is 2.61. The van der Waals surface area contributed by atoms with Gasteiger partial charge >= 0.3 is 0 Å². The predicted molar refractivity (Wildman–Crippen MR) is 103 cm³/mol. The van der Waals surface area contributed by atoms with Crippen LogP contribution in [-0.2, 0) is 0 Å². The quantitative estimate of drug-likeness (QED) is 0.660. The van der Waals surface area contributed by atoms with Crippen LogP contribution >= 0.6 is 11.6 Å². The maximum Gasteiger partial charge on any atom is 0.255 e. The number of amides is 1. The van der Waals surface area contributed by atoms with Gasteiger partial charge in [0.05, 0.1) is 18.2 Å². The van der Waals surface area contributed by atoms with Gasteiger partial charge in [-0.05, 0) is 44.5 Å². The number of benzene rings is 2. The van der Waals surface area contributed by atoms with Gasteiger partial charge in [-0.2, -0.15) is 0 Å². The average molecular weight is 376 g/mol. The fraction of sp³-hybridized carbons (Fsp3) is 0.300. The second kappa shape index (κ2) is 9.25. The molecule has 0 spiro atoms. The molecule has 0 aromatic heterocycles. The summed E-state index contributed by atoms with van der Waals surface area (Å²) in [6.45, 7) is 6.24. The molecule has 0 aliphatic heterocycles. The molecule has 0 unspecified atom stereocenters. The minimum absolute atomic E-state index is 0.0693. The van der Waals surface area contributed by atoms with Crippen LogP contribution < -0.4 is 14.8 Å². The van der Waals surface area contributed by atoms with Crippen molar-refractivity contribution in [3.63, 3.8) is 0 Å². The molecule has 1 N–H and O–H groups in total. The third-order valence-corrected chi connectivity index (χ3v) is 3.83. The Bertz CT molecular complexity index is 804. The topological polar surface area (TPSA) is 64.6 Å². The molecule has 0 aliphatic carbocycles. The monoisotopic (exact) mass is 375 g/mol. The minimum atomic E-state index is -0.351. The summed E-state index contributed by atoms with van der Waals surface area (Å²) in [5, 5.41) is 3.08. The molecular formula is C20H22ClNO4. The van der Waals surface area contributed by atoms with Crippen molar-refractivity contribution in [3.8, 4) is 11.5 Å². The number of carbonyl (C=O) groups excluding carboxylic acids is 2. The Morgan fingerprint density at radius 3 is 2.50 bits per heavy atom. The molecule has 26 heavy (non-hydrogen) atoms. The van der Waals surface area contributed by atoms with E-state index < -0.39 is 0 Å². The Morgan fingerprint density at radius 2 is 1.85 bits per heavy atom. The van der Waals surface area contributed by atoms with E-state index in [-0.39, 0.29) is 11.7 Å². The zero-order valence-corrected chi connectivity index (χ0v) is 15.9. The molecule has 2 aromatic rings. The van der Waals surface area contributed by atoms with Crippen LogP contribution in [0.1, 0.15) is 47.9 Å². The molecule has 0 heterocycles. The van der Waals surface area contributed by atoms with E-state index in [1.807, 2.05) is 13.8 Å². The number of ketones is 1. The minimum Gasteiger partial charge on any atom is -0.490 e. The zero-order chi connectivity index (χ0) is 19.1. The molecule has 0 fully saturated rings. The smallest absolute Gasteiger partial charge is 0.255 e. The van der Waals surface area contributed by atoms with Crippen molar-refractivity contribution in [2.75, 3.05) is 18.5 Å². The van der Waals surface area contributed by atoms with Gasteiger partial charge in [-0.25, -0.2) is 0 Å². The fourth-order valence-electron chi connectivity index (χ4n) is 2.33. The van der Waals surface area contributed by atoms with E-state index in [1.165, 1.54) is 6.92 Å². The molecule has 2 aromatic carbocycles. The van der Waals surface area contributed by atoms with Crippen molar-refractivity contribution in [2.45, 2.75) is 27.2 Å². The van der Waals surface area contributed by atoms with Gasteiger partial charge in [-0.15, -0.1) is 0 Å². The van der Waals surface area contributed by atoms with Gasteiger partial charge in [0.25, 0.3) is 5.91 Å². The molecule has 0 saturated carbocycles. The van der Waals surface area contributed by atoms with Gasteiger partial charge < -0.3 is 14.8 Å². The summed E-state index contributed by atoms with van der Waals surface area (Å²) in [5.41, 5.74) is 1.40. The lowest BCUT2D eigenvalue weighted by atomic mass is 10.1. The van der Waals surface area contributed by atoms with Crippen molar-refractivity contribution >= 4 is 29.0 Å². The number of nitrogens with one attached hydrogen (secondary N) is 1. The Kier molecular flexibility index (Phi) is 7.04. The standard InChI is InChI=1S/C20H22ClNO4/c1-4-9-26-19-17(21)11-15(12-18(19)25-5-2)20(24)22-16-8-6-7-14(10-16)13(3)23/h6-8,10-12H,4-5,9H2,1-3H3,(H,22,24). The lowest BCUT2D eigenvalue weighted by molar-refractivity contribution is 0.101. The Morgan fingerprint density at radius 1 is 1.08 bits per heavy atom. The molecule has 2 rings (SSSR count). The van der Waals surface area contributed by atoms with Crippen LogP contribution in [0.4, 0.5) is 5.69 Å². The number of rotatable bonds is 8. The van der Waals surface area contributed by atoms with Gasteiger partial charge in [-0.3, -0.25) is 9.59 Å². The van der Waals surface area contributed by atoms with Crippen LogP contribution in [0.15, 0.2) is 36.4 Å². The largest absolute Gasteiger partial charge is 0.490 e. The number of ether oxygens (including phenoxy) is 2. The highest BCUT2D eigenvalue weighted by molar-refractivity contribution is 6.32. The lowest BCUT2D eigenvalue weighted by Crippen LogP contribution is -2.13. The van der Waals surface area contributed by atoms with E-state index in [4.69, 9.17) is 21.1 Å². The Labute approximate surface area is 158 Å². The fourth-order valence-corrected chi connectivity index (χ4v) is 2.59. The molecule has 0 aliphatic rings. The number of Topliss-reactive ketones (excluding diaryl/α,β-unsaturated/α-hetero) is 1. The normalized spacial score (nSPS) is 10.3. The number of anilines is 1. The third kappa shape index (κ3) is 4.99. The highest BCUT2D eigenvalue weighted by Crippen LogP contribution is 2.37. The van der Waals surface area contributed by atoms with E-state index in [0.29, 0.717) is 46.5 Å². The lowest BCUT2D eigenvalue weighted by Gasteiger charge is -2.15. The summed E-state index contributed by atoms with van der Waals surface area (Å²) < 4.78 is 11.2. The molecule has 1 amide bonds. The first-order chi connectivity index (χ1) is 12.5. The number of hydrogen-bond donors (Lipinski definition) is 1. The number of halogens is 1. The Balaban J connectivity index is 2.28. The van der Waals surface area contributed by atoms with Crippen molar-refractivity contribution in [3.05, 3.63) is 52.5 Å². The predicted octanol–water partition coefficient (Wildman–Crippen LogP) is 4.98. The molecule has 0 atom stereocenters. The van der Waals surface area contributed by atoms with Gasteiger partial charge in [0.15, 0.2) is 17.3 Å². The maximum atomic E-state index is 12.6. The van der Waals surface area contributed by atoms with Crippen LogP contribution in [0, 0.1) is 0 Å². The van der Waals surface area contributed by atoms with E-state index in [1.54, 1.807) is 36.4 Å². The van der Waals surface area contributed by atoms with Crippen LogP contribution in [0.25, 0.3) is 0 Å². The van der Waals surface area contributed by atoms with Crippen molar-refractivity contribution in [1.29, 1.82) is 0 Å².